The van der Waals surface area contributed by atoms with Crippen molar-refractivity contribution in [1.29, 1.82) is 0 Å². The molecule has 0 aliphatic heterocycles. The van der Waals surface area contributed by atoms with Gasteiger partial charge < -0.3 is 21.9 Å². The first-order valence-electron chi connectivity index (χ1n) is 0. The van der Waals surface area contributed by atoms with Gasteiger partial charge in [-0.3, -0.25) is 0 Å². The maximum atomic E-state index is 0. The zero-order chi connectivity index (χ0) is 0. The number of hydrogen-bond acceptors (Lipinski definition) is 0. The van der Waals surface area contributed by atoms with E-state index in [1.54, 1.807) is 0 Å². The van der Waals surface area contributed by atoms with Crippen molar-refractivity contribution in [3.05, 3.63) is 0 Å². The first-order chi connectivity index (χ1) is 0. The zero-order valence-corrected chi connectivity index (χ0v) is 6.48. The van der Waals surface area contributed by atoms with Gasteiger partial charge in [0, 0.05) is 0 Å². The van der Waals surface area contributed by atoms with Crippen molar-refractivity contribution in [2.24, 2.45) is 0 Å². The van der Waals surface area contributed by atoms with Gasteiger partial charge in [-0.25, -0.2) is 0 Å². The van der Waals surface area contributed by atoms with Gasteiger partial charge in [-0.2, -0.15) is 0 Å². The zero-order valence-electron chi connectivity index (χ0n) is 2.66. The van der Waals surface area contributed by atoms with E-state index in [9.17, 15) is 0 Å². The summed E-state index contributed by atoms with van der Waals surface area (Å²) >= 11 is 0. The quantitative estimate of drug-likeness (QED) is 0.436. The first-order valence-corrected chi connectivity index (χ1v) is 0. The Morgan fingerprint density at radius 1 is 0.500 bits per heavy atom. The van der Waals surface area contributed by atoms with Gasteiger partial charge in [0.1, 0.15) is 0 Å². The Morgan fingerprint density at radius 3 is 0.500 bits per heavy atom. The van der Waals surface area contributed by atoms with E-state index in [2.05, 4.69) is 0 Å². The molecule has 0 atom stereocenters. The minimum Gasteiger partial charge on any atom is -2.00 e. The molecule has 6 heteroatoms. The summed E-state index contributed by atoms with van der Waals surface area (Å²) < 4.78 is 0. The van der Waals surface area contributed by atoms with E-state index in [4.69, 9.17) is 0 Å². The average molecular weight is 185 g/mol. The van der Waals surface area contributed by atoms with Crippen LogP contribution in [0.5, 0.6) is 0 Å². The molecule has 6 heavy (non-hydrogen) atoms. The second-order valence-corrected chi connectivity index (χ2v) is 0. The van der Waals surface area contributed by atoms with E-state index in [-0.39, 0.29) is 60.3 Å². The van der Waals surface area contributed by atoms with Crippen LogP contribution in [0.3, 0.4) is 0 Å². The molecular formula is GaO4V. The molecule has 4 nitrogen and oxygen atoms in total. The van der Waals surface area contributed by atoms with Crippen molar-refractivity contribution in [1.82, 2.24) is 0 Å². The summed E-state index contributed by atoms with van der Waals surface area (Å²) in [5, 5.41) is 0. The first kappa shape index (κ1) is 230. The molecule has 0 saturated carbocycles. The molecule has 0 aromatic rings. The minimum absolute atomic E-state index is 0. The van der Waals surface area contributed by atoms with E-state index < -0.39 is 0 Å². The second-order valence-electron chi connectivity index (χ2n) is 0. The molecule has 0 spiro atoms. The molecule has 0 amide bonds. The van der Waals surface area contributed by atoms with E-state index in [0.29, 0.717) is 0 Å². The van der Waals surface area contributed by atoms with E-state index in [1.807, 2.05) is 0 Å². The molecule has 0 bridgehead atoms. The molecule has 0 aliphatic carbocycles. The molecule has 0 fully saturated rings. The molecule has 0 aromatic heterocycles. The van der Waals surface area contributed by atoms with Crippen molar-refractivity contribution in [2.45, 2.75) is 0 Å². The fourth-order valence-corrected chi connectivity index (χ4v) is 0. The van der Waals surface area contributed by atoms with Crippen molar-refractivity contribution >= 4 is 19.8 Å². The molecule has 0 heterocycles. The van der Waals surface area contributed by atoms with E-state index in [0.717, 1.165) is 0 Å². The van der Waals surface area contributed by atoms with Crippen LogP contribution < -0.4 is 0 Å². The third-order valence-electron chi connectivity index (χ3n) is 0. The molecule has 0 aliphatic rings. The van der Waals surface area contributed by atoms with Crippen molar-refractivity contribution in [3.63, 3.8) is 0 Å². The summed E-state index contributed by atoms with van der Waals surface area (Å²) in [4.78, 5) is 0. The fourth-order valence-electron chi connectivity index (χ4n) is 0. The van der Waals surface area contributed by atoms with E-state index in [1.165, 1.54) is 0 Å². The predicted octanol–water partition coefficient (Wildman–Crippen LogP) is -0.859. The Labute approximate surface area is 60.5 Å². The van der Waals surface area contributed by atoms with Crippen LogP contribution in [0.1, 0.15) is 0 Å². The van der Waals surface area contributed by atoms with Crippen LogP contribution >= 0.6 is 0 Å². The van der Waals surface area contributed by atoms with Crippen LogP contribution in [0, 0.1) is 0 Å². The van der Waals surface area contributed by atoms with Crippen LogP contribution in [0.15, 0.2) is 0 Å². The molecule has 0 radical (unpaired) electrons. The topological polar surface area (TPSA) is 114 Å². The normalized spacial score (nSPS) is 0. The summed E-state index contributed by atoms with van der Waals surface area (Å²) in [5.41, 5.74) is 0. The molecular weight excluding hydrogens is 185 g/mol. The van der Waals surface area contributed by atoms with Gasteiger partial charge in [0.15, 0.2) is 0 Å². The van der Waals surface area contributed by atoms with Crippen LogP contribution in [0.2, 0.25) is 0 Å². The molecule has 0 unspecified atom stereocenters. The number of rotatable bonds is 0. The Kier molecular flexibility index (Phi) is 5300. The summed E-state index contributed by atoms with van der Waals surface area (Å²) in [7, 11) is 0. The molecule has 0 aromatic carbocycles. The van der Waals surface area contributed by atoms with Gasteiger partial charge in [-0.15, -0.1) is 0 Å². The second kappa shape index (κ2) is 138. The summed E-state index contributed by atoms with van der Waals surface area (Å²) in [6.07, 6.45) is 0. The smallest absolute Gasteiger partial charge is 2.00 e. The molecule has 32 valence electrons. The van der Waals surface area contributed by atoms with Crippen molar-refractivity contribution in [2.75, 3.05) is 0 Å². The number of hydrogen-bond donors (Lipinski definition) is 0. The minimum atomic E-state index is 0. The van der Waals surface area contributed by atoms with Gasteiger partial charge >= 0.3 is 38.3 Å². The SMILES string of the molecule is [Ga+3].[O-2].[O-2].[O-2].[O-2].[V+5]. The third kappa shape index (κ3) is 74.2. The Bertz CT molecular complexity index is 7.51. The van der Waals surface area contributed by atoms with Crippen LogP contribution in [0.4, 0.5) is 0 Å². The van der Waals surface area contributed by atoms with Gasteiger partial charge in [0.2, 0.25) is 0 Å². The maximum absolute atomic E-state index is 0. The van der Waals surface area contributed by atoms with Crippen molar-refractivity contribution < 1.29 is 40.5 Å². The van der Waals surface area contributed by atoms with Gasteiger partial charge in [0.25, 0.3) is 0 Å². The predicted molar refractivity (Wildman–Crippen MR) is 8.50 cm³/mol. The van der Waals surface area contributed by atoms with E-state index >= 15 is 0 Å². The van der Waals surface area contributed by atoms with Crippen molar-refractivity contribution in [3.8, 4) is 0 Å². The molecule has 0 N–H and O–H groups in total. The Balaban J connectivity index is 0. The largest absolute Gasteiger partial charge is 5.00 e. The summed E-state index contributed by atoms with van der Waals surface area (Å²) in [5.74, 6) is 0. The molecule has 0 rings (SSSR count). The summed E-state index contributed by atoms with van der Waals surface area (Å²) in [6.45, 7) is 0. The van der Waals surface area contributed by atoms with Crippen LogP contribution in [0.25, 0.3) is 0 Å². The maximum Gasteiger partial charge on any atom is 5.00 e. The van der Waals surface area contributed by atoms with Crippen LogP contribution in [-0.2, 0) is 40.5 Å². The summed E-state index contributed by atoms with van der Waals surface area (Å²) in [6, 6.07) is 0. The van der Waals surface area contributed by atoms with Gasteiger partial charge in [-0.05, 0) is 0 Å². The standard InChI is InChI=1S/Ga.4O.V/q+3;4*-2;+5. The van der Waals surface area contributed by atoms with Gasteiger partial charge in [0.05, 0.1) is 0 Å². The third-order valence-corrected chi connectivity index (χ3v) is 0. The Hall–Kier alpha value is 1.06. The van der Waals surface area contributed by atoms with Gasteiger partial charge in [-0.1, -0.05) is 0 Å². The molecule has 0 saturated heterocycles. The Morgan fingerprint density at radius 2 is 0.500 bits per heavy atom. The monoisotopic (exact) mass is 184 g/mol. The fraction of sp³-hybridized carbons (Fsp3) is 0. The van der Waals surface area contributed by atoms with Crippen LogP contribution in [-0.4, -0.2) is 19.8 Å². The average Bonchev–Trinajstić information content (AvgIpc) is 0.